The van der Waals surface area contributed by atoms with Crippen LogP contribution in [0.2, 0.25) is 0 Å². The Hall–Kier alpha value is -1.99. The lowest BCUT2D eigenvalue weighted by molar-refractivity contribution is -0.146. The number of carbonyl (C=O) groups excluding carboxylic acids is 1. The molecule has 7 heteroatoms. The molecule has 2 fully saturated rings. The molecule has 0 saturated carbocycles. The summed E-state index contributed by atoms with van der Waals surface area (Å²) >= 11 is 0. The number of hydrogen-bond donors (Lipinski definition) is 2. The number of rotatable bonds is 5. The first-order chi connectivity index (χ1) is 12.8. The van der Waals surface area contributed by atoms with Gasteiger partial charge in [0.2, 0.25) is 5.91 Å². The molecule has 0 spiro atoms. The van der Waals surface area contributed by atoms with E-state index in [0.29, 0.717) is 37.1 Å². The van der Waals surface area contributed by atoms with Crippen molar-refractivity contribution in [3.63, 3.8) is 0 Å². The van der Waals surface area contributed by atoms with Gasteiger partial charge in [-0.2, -0.15) is 0 Å². The minimum atomic E-state index is -1.01. The highest BCUT2D eigenvalue weighted by molar-refractivity contribution is 5.85. The lowest BCUT2D eigenvalue weighted by Crippen LogP contribution is -2.63. The van der Waals surface area contributed by atoms with E-state index in [9.17, 15) is 19.1 Å². The Labute approximate surface area is 159 Å². The van der Waals surface area contributed by atoms with E-state index in [-0.39, 0.29) is 5.91 Å². The maximum atomic E-state index is 13.8. The molecule has 27 heavy (non-hydrogen) atoms. The zero-order valence-corrected chi connectivity index (χ0v) is 15.8. The van der Waals surface area contributed by atoms with Gasteiger partial charge in [-0.25, -0.2) is 4.39 Å². The van der Waals surface area contributed by atoms with Crippen LogP contribution in [-0.4, -0.2) is 58.5 Å². The van der Waals surface area contributed by atoms with Gasteiger partial charge in [0.1, 0.15) is 17.4 Å². The molecule has 0 radical (unpaired) electrons. The first-order valence-corrected chi connectivity index (χ1v) is 9.62. The van der Waals surface area contributed by atoms with Gasteiger partial charge in [-0.3, -0.25) is 19.4 Å². The second-order valence-electron chi connectivity index (χ2n) is 7.78. The van der Waals surface area contributed by atoms with E-state index in [0.717, 1.165) is 32.4 Å². The van der Waals surface area contributed by atoms with Crippen LogP contribution in [0, 0.1) is 12.7 Å². The fourth-order valence-corrected chi connectivity index (χ4v) is 4.62. The number of nitrogens with zero attached hydrogens (tertiary/aromatic N) is 2. The van der Waals surface area contributed by atoms with Crippen LogP contribution < -0.4 is 5.73 Å². The van der Waals surface area contributed by atoms with E-state index in [1.165, 1.54) is 12.1 Å². The van der Waals surface area contributed by atoms with Gasteiger partial charge in [0.15, 0.2) is 0 Å². The van der Waals surface area contributed by atoms with Crippen molar-refractivity contribution in [3.05, 3.63) is 35.1 Å². The summed E-state index contributed by atoms with van der Waals surface area (Å²) in [4.78, 5) is 28.3. The highest BCUT2D eigenvalue weighted by atomic mass is 19.1. The second-order valence-corrected chi connectivity index (χ2v) is 7.78. The van der Waals surface area contributed by atoms with Gasteiger partial charge in [0.25, 0.3) is 0 Å². The van der Waals surface area contributed by atoms with Gasteiger partial charge >= 0.3 is 5.97 Å². The van der Waals surface area contributed by atoms with Crippen molar-refractivity contribution < 1.29 is 19.1 Å². The molecule has 0 aliphatic carbocycles. The van der Waals surface area contributed by atoms with Crippen LogP contribution >= 0.6 is 0 Å². The average Bonchev–Trinajstić information content (AvgIpc) is 2.62. The van der Waals surface area contributed by atoms with E-state index in [1.807, 2.05) is 4.90 Å². The largest absolute Gasteiger partial charge is 0.480 e. The Kier molecular flexibility index (Phi) is 5.81. The number of likely N-dealkylation sites (tertiary alicyclic amines) is 2. The van der Waals surface area contributed by atoms with Gasteiger partial charge in [-0.1, -0.05) is 12.5 Å². The molecule has 2 heterocycles. The van der Waals surface area contributed by atoms with Gasteiger partial charge in [0.05, 0.1) is 0 Å². The zero-order valence-electron chi connectivity index (χ0n) is 15.8. The average molecular weight is 377 g/mol. The number of hydrogen-bond acceptors (Lipinski definition) is 4. The summed E-state index contributed by atoms with van der Waals surface area (Å²) in [6.45, 7) is 4.33. The first-order valence-electron chi connectivity index (χ1n) is 9.62. The standard InChI is InChI=1S/C20H28FN3O3/c1-14-11-15(13-16(21)12-14)17(18(25)26)23-9-5-20(6-10-23,19(22)27)24-7-3-2-4-8-24/h11-13,17H,2-10H2,1H3,(H2,22,27)(H,25,26). The molecule has 1 unspecified atom stereocenters. The Morgan fingerprint density at radius 2 is 1.74 bits per heavy atom. The van der Waals surface area contributed by atoms with Gasteiger partial charge in [-0.15, -0.1) is 0 Å². The van der Waals surface area contributed by atoms with Crippen LogP contribution in [0.3, 0.4) is 0 Å². The monoisotopic (exact) mass is 377 g/mol. The summed E-state index contributed by atoms with van der Waals surface area (Å²) < 4.78 is 13.8. The number of carbonyl (C=O) groups is 2. The number of primary amides is 1. The summed E-state index contributed by atoms with van der Waals surface area (Å²) in [7, 11) is 0. The van der Waals surface area contributed by atoms with Gasteiger partial charge in [-0.05, 0) is 69.0 Å². The Bertz CT molecular complexity index is 690. The molecule has 6 nitrogen and oxygen atoms in total. The molecule has 2 aliphatic rings. The molecule has 1 amide bonds. The summed E-state index contributed by atoms with van der Waals surface area (Å²) in [6, 6.07) is 3.45. The van der Waals surface area contributed by atoms with Crippen molar-refractivity contribution in [2.45, 2.75) is 50.6 Å². The Morgan fingerprint density at radius 3 is 2.26 bits per heavy atom. The Balaban J connectivity index is 1.80. The SMILES string of the molecule is Cc1cc(F)cc(C(C(=O)O)N2CCC(C(N)=O)(N3CCCCC3)CC2)c1. The summed E-state index contributed by atoms with van der Waals surface area (Å²) in [5, 5.41) is 9.78. The van der Waals surface area contributed by atoms with E-state index < -0.39 is 23.4 Å². The van der Waals surface area contributed by atoms with Crippen molar-refractivity contribution in [1.82, 2.24) is 9.80 Å². The van der Waals surface area contributed by atoms with Gasteiger partial charge in [0, 0.05) is 13.1 Å². The van der Waals surface area contributed by atoms with Crippen LogP contribution in [0.1, 0.15) is 49.3 Å². The summed E-state index contributed by atoms with van der Waals surface area (Å²) in [5.74, 6) is -1.77. The zero-order chi connectivity index (χ0) is 19.6. The lowest BCUT2D eigenvalue weighted by Gasteiger charge is -2.49. The molecule has 2 saturated heterocycles. The molecule has 3 rings (SSSR count). The number of carboxylic acid groups (broad SMARTS) is 1. The molecule has 2 aliphatic heterocycles. The highest BCUT2D eigenvalue weighted by Gasteiger charge is 2.46. The van der Waals surface area contributed by atoms with Crippen molar-refractivity contribution in [2.75, 3.05) is 26.2 Å². The minimum absolute atomic E-state index is 0.322. The predicted molar refractivity (Wildman–Crippen MR) is 99.7 cm³/mol. The van der Waals surface area contributed by atoms with E-state index in [1.54, 1.807) is 13.0 Å². The quantitative estimate of drug-likeness (QED) is 0.820. The number of amides is 1. The predicted octanol–water partition coefficient (Wildman–Crippen LogP) is 2.07. The number of piperidine rings is 2. The van der Waals surface area contributed by atoms with Crippen molar-refractivity contribution in [1.29, 1.82) is 0 Å². The topological polar surface area (TPSA) is 86.9 Å². The molecule has 1 aromatic rings. The number of halogens is 1. The summed E-state index contributed by atoms with van der Waals surface area (Å²) in [5.41, 5.74) is 6.23. The molecule has 1 aromatic carbocycles. The van der Waals surface area contributed by atoms with Crippen molar-refractivity contribution in [3.8, 4) is 0 Å². The molecule has 0 bridgehead atoms. The third kappa shape index (κ3) is 3.99. The summed E-state index contributed by atoms with van der Waals surface area (Å²) in [6.07, 6.45) is 4.27. The normalized spacial score (nSPS) is 22.3. The number of nitrogens with two attached hydrogens (primary N) is 1. The van der Waals surface area contributed by atoms with Crippen molar-refractivity contribution in [2.24, 2.45) is 5.73 Å². The number of carboxylic acids is 1. The fourth-order valence-electron chi connectivity index (χ4n) is 4.62. The number of aryl methyl sites for hydroxylation is 1. The molecule has 3 N–H and O–H groups in total. The first kappa shape index (κ1) is 19.8. The minimum Gasteiger partial charge on any atom is -0.480 e. The number of benzene rings is 1. The number of aliphatic carboxylic acids is 1. The van der Waals surface area contributed by atoms with Crippen molar-refractivity contribution >= 4 is 11.9 Å². The van der Waals surface area contributed by atoms with Crippen LogP contribution in [-0.2, 0) is 9.59 Å². The Morgan fingerprint density at radius 1 is 1.11 bits per heavy atom. The van der Waals surface area contributed by atoms with Crippen LogP contribution in [0.4, 0.5) is 4.39 Å². The molecular weight excluding hydrogens is 349 g/mol. The lowest BCUT2D eigenvalue weighted by atomic mass is 9.82. The van der Waals surface area contributed by atoms with Crippen LogP contribution in [0.5, 0.6) is 0 Å². The maximum Gasteiger partial charge on any atom is 0.325 e. The maximum absolute atomic E-state index is 13.8. The molecule has 1 atom stereocenters. The van der Waals surface area contributed by atoms with Crippen LogP contribution in [0.25, 0.3) is 0 Å². The molecule has 0 aromatic heterocycles. The van der Waals surface area contributed by atoms with E-state index in [2.05, 4.69) is 4.90 Å². The highest BCUT2D eigenvalue weighted by Crippen LogP contribution is 2.35. The third-order valence-corrected chi connectivity index (χ3v) is 6.02. The van der Waals surface area contributed by atoms with Gasteiger partial charge < -0.3 is 10.8 Å². The van der Waals surface area contributed by atoms with E-state index in [4.69, 9.17) is 5.73 Å². The molecule has 148 valence electrons. The van der Waals surface area contributed by atoms with Crippen LogP contribution in [0.15, 0.2) is 18.2 Å². The molecular formula is C20H28FN3O3. The smallest absolute Gasteiger partial charge is 0.325 e. The third-order valence-electron chi connectivity index (χ3n) is 6.02. The fraction of sp³-hybridized carbons (Fsp3) is 0.600. The second kappa shape index (κ2) is 7.94. The van der Waals surface area contributed by atoms with E-state index >= 15 is 0 Å².